The minimum absolute atomic E-state index is 0.210. The van der Waals surface area contributed by atoms with Crippen LogP contribution in [-0.2, 0) is 4.74 Å². The molecule has 0 aliphatic carbocycles. The summed E-state index contributed by atoms with van der Waals surface area (Å²) in [5.74, 6) is 0. The Balaban J connectivity index is 2.72. The first-order valence-corrected chi connectivity index (χ1v) is 6.14. The summed E-state index contributed by atoms with van der Waals surface area (Å²) >= 11 is 5.01. The van der Waals surface area contributed by atoms with Crippen LogP contribution in [0.4, 0.5) is 5.69 Å². The normalized spacial score (nSPS) is 11.2. The van der Waals surface area contributed by atoms with Crippen LogP contribution in [0, 0.1) is 0 Å². The molecule has 0 aliphatic heterocycles. The van der Waals surface area contributed by atoms with Crippen LogP contribution < -0.4 is 11.1 Å². The first-order valence-electron chi connectivity index (χ1n) is 5.73. The maximum Gasteiger partial charge on any atom is 0.106 e. The molecule has 3 nitrogen and oxygen atoms in total. The van der Waals surface area contributed by atoms with Crippen molar-refractivity contribution in [1.29, 1.82) is 0 Å². The third-order valence-electron chi connectivity index (χ3n) is 2.43. The highest BCUT2D eigenvalue weighted by molar-refractivity contribution is 7.80. The number of anilines is 1. The predicted molar refractivity (Wildman–Crippen MR) is 76.5 cm³/mol. The second kappa shape index (κ2) is 5.98. The molecule has 0 unspecified atom stereocenters. The number of rotatable bonds is 6. The van der Waals surface area contributed by atoms with E-state index < -0.39 is 0 Å². The van der Waals surface area contributed by atoms with Crippen molar-refractivity contribution >= 4 is 22.9 Å². The second-order valence-electron chi connectivity index (χ2n) is 4.46. The maximum atomic E-state index is 5.67. The van der Waals surface area contributed by atoms with E-state index in [1.54, 1.807) is 0 Å². The van der Waals surface area contributed by atoms with E-state index in [-0.39, 0.29) is 5.60 Å². The van der Waals surface area contributed by atoms with Gasteiger partial charge in [0.15, 0.2) is 0 Å². The minimum atomic E-state index is -0.210. The Morgan fingerprint density at radius 2 is 2.06 bits per heavy atom. The zero-order chi connectivity index (χ0) is 12.9. The van der Waals surface area contributed by atoms with E-state index in [2.05, 4.69) is 5.32 Å². The Morgan fingerprint density at radius 1 is 1.41 bits per heavy atom. The Hall–Kier alpha value is -1.13. The molecule has 17 heavy (non-hydrogen) atoms. The molecule has 0 radical (unpaired) electrons. The van der Waals surface area contributed by atoms with Gasteiger partial charge in [-0.2, -0.15) is 0 Å². The van der Waals surface area contributed by atoms with E-state index in [0.717, 1.165) is 11.3 Å². The summed E-state index contributed by atoms with van der Waals surface area (Å²) in [5.41, 5.74) is 7.28. The monoisotopic (exact) mass is 252 g/mol. The molecule has 3 N–H and O–H groups in total. The van der Waals surface area contributed by atoms with Crippen LogP contribution in [0.2, 0.25) is 0 Å². The predicted octanol–water partition coefficient (Wildman–Crippen LogP) is 2.55. The van der Waals surface area contributed by atoms with Crippen molar-refractivity contribution in [3.8, 4) is 0 Å². The van der Waals surface area contributed by atoms with Crippen LogP contribution in [0.15, 0.2) is 24.3 Å². The number of para-hydroxylation sites is 1. The Morgan fingerprint density at radius 3 is 2.65 bits per heavy atom. The number of benzene rings is 1. The van der Waals surface area contributed by atoms with Crippen molar-refractivity contribution in [3.63, 3.8) is 0 Å². The molecule has 0 atom stereocenters. The van der Waals surface area contributed by atoms with Gasteiger partial charge in [0.05, 0.1) is 5.60 Å². The van der Waals surface area contributed by atoms with Crippen LogP contribution in [0.5, 0.6) is 0 Å². The summed E-state index contributed by atoms with van der Waals surface area (Å²) in [6.07, 6.45) is 0. The molecule has 1 aromatic rings. The van der Waals surface area contributed by atoms with Gasteiger partial charge in [0, 0.05) is 24.4 Å². The molecule has 0 heterocycles. The molecule has 1 rings (SSSR count). The molecule has 0 bridgehead atoms. The lowest BCUT2D eigenvalue weighted by Crippen LogP contribution is -2.33. The molecular formula is C13H20N2OS. The smallest absolute Gasteiger partial charge is 0.106 e. The number of hydrogen-bond donors (Lipinski definition) is 2. The van der Waals surface area contributed by atoms with Crippen molar-refractivity contribution in [2.75, 3.05) is 18.5 Å². The molecule has 0 spiro atoms. The van der Waals surface area contributed by atoms with Crippen molar-refractivity contribution < 1.29 is 4.74 Å². The number of nitrogens with one attached hydrogen (secondary N) is 1. The molecule has 0 amide bonds. The fourth-order valence-corrected chi connectivity index (χ4v) is 1.78. The largest absolute Gasteiger partial charge is 0.389 e. The van der Waals surface area contributed by atoms with Crippen LogP contribution in [0.3, 0.4) is 0 Å². The summed E-state index contributed by atoms with van der Waals surface area (Å²) in [5, 5.41) is 3.33. The molecule has 4 heteroatoms. The van der Waals surface area contributed by atoms with Gasteiger partial charge in [0.2, 0.25) is 0 Å². The minimum Gasteiger partial charge on any atom is -0.389 e. The van der Waals surface area contributed by atoms with Crippen LogP contribution in [-0.4, -0.2) is 23.7 Å². The molecule has 0 aromatic heterocycles. The molecule has 0 saturated heterocycles. The van der Waals surface area contributed by atoms with E-state index in [9.17, 15) is 0 Å². The Labute approximate surface area is 108 Å². The molecule has 0 saturated carbocycles. The molecule has 94 valence electrons. The van der Waals surface area contributed by atoms with Crippen molar-refractivity contribution in [2.45, 2.75) is 26.4 Å². The van der Waals surface area contributed by atoms with Crippen LogP contribution in [0.25, 0.3) is 0 Å². The van der Waals surface area contributed by atoms with Crippen LogP contribution >= 0.6 is 12.2 Å². The number of thiocarbonyl (C=S) groups is 1. The highest BCUT2D eigenvalue weighted by Crippen LogP contribution is 2.17. The van der Waals surface area contributed by atoms with E-state index >= 15 is 0 Å². The third kappa shape index (κ3) is 4.32. The molecular weight excluding hydrogens is 232 g/mol. The zero-order valence-corrected chi connectivity index (χ0v) is 11.4. The third-order valence-corrected chi connectivity index (χ3v) is 2.65. The fourth-order valence-electron chi connectivity index (χ4n) is 1.60. The Kier molecular flexibility index (Phi) is 4.90. The SMILES string of the molecule is CCOC(C)(C)CNc1ccccc1C(N)=S. The number of hydrogen-bond acceptors (Lipinski definition) is 3. The fraction of sp³-hybridized carbons (Fsp3) is 0.462. The van der Waals surface area contributed by atoms with Gasteiger partial charge in [-0.3, -0.25) is 0 Å². The number of ether oxygens (including phenoxy) is 1. The average molecular weight is 252 g/mol. The molecule has 0 fully saturated rings. The van der Waals surface area contributed by atoms with Gasteiger partial charge < -0.3 is 15.8 Å². The van der Waals surface area contributed by atoms with Gasteiger partial charge in [-0.1, -0.05) is 24.4 Å². The molecule has 0 aliphatic rings. The number of nitrogens with two attached hydrogens (primary N) is 1. The summed E-state index contributed by atoms with van der Waals surface area (Å²) < 4.78 is 5.62. The summed E-state index contributed by atoms with van der Waals surface area (Å²) in [6, 6.07) is 7.76. The van der Waals surface area contributed by atoms with Gasteiger partial charge in [-0.15, -0.1) is 0 Å². The summed E-state index contributed by atoms with van der Waals surface area (Å²) in [7, 11) is 0. The lowest BCUT2D eigenvalue weighted by molar-refractivity contribution is 0.000698. The van der Waals surface area contributed by atoms with Gasteiger partial charge in [-0.05, 0) is 32.9 Å². The first-order chi connectivity index (χ1) is 7.96. The zero-order valence-electron chi connectivity index (χ0n) is 10.6. The topological polar surface area (TPSA) is 47.3 Å². The van der Waals surface area contributed by atoms with Gasteiger partial charge >= 0.3 is 0 Å². The average Bonchev–Trinajstić information content (AvgIpc) is 2.27. The first kappa shape index (κ1) is 13.9. The quantitative estimate of drug-likeness (QED) is 0.764. The standard InChI is InChI=1S/C13H20N2OS/c1-4-16-13(2,3)9-15-11-8-6-5-7-10(11)12(14)17/h5-8,15H,4,9H2,1-3H3,(H2,14,17). The van der Waals surface area contributed by atoms with Gasteiger partial charge in [0.25, 0.3) is 0 Å². The maximum absolute atomic E-state index is 5.67. The Bertz CT molecular complexity index is 391. The lowest BCUT2D eigenvalue weighted by Gasteiger charge is -2.26. The van der Waals surface area contributed by atoms with E-state index in [4.69, 9.17) is 22.7 Å². The van der Waals surface area contributed by atoms with Crippen LogP contribution in [0.1, 0.15) is 26.3 Å². The van der Waals surface area contributed by atoms with Crippen molar-refractivity contribution in [2.24, 2.45) is 5.73 Å². The summed E-state index contributed by atoms with van der Waals surface area (Å²) in [6.45, 7) is 7.50. The highest BCUT2D eigenvalue weighted by Gasteiger charge is 2.17. The van der Waals surface area contributed by atoms with E-state index in [1.807, 2.05) is 45.0 Å². The highest BCUT2D eigenvalue weighted by atomic mass is 32.1. The van der Waals surface area contributed by atoms with Crippen molar-refractivity contribution in [1.82, 2.24) is 0 Å². The van der Waals surface area contributed by atoms with Crippen molar-refractivity contribution in [3.05, 3.63) is 29.8 Å². The van der Waals surface area contributed by atoms with E-state index in [0.29, 0.717) is 18.1 Å². The van der Waals surface area contributed by atoms with E-state index in [1.165, 1.54) is 0 Å². The molecule has 1 aromatic carbocycles. The lowest BCUT2D eigenvalue weighted by atomic mass is 10.1. The summed E-state index contributed by atoms with van der Waals surface area (Å²) in [4.78, 5) is 0.405. The van der Waals surface area contributed by atoms with Gasteiger partial charge in [0.1, 0.15) is 4.99 Å². The second-order valence-corrected chi connectivity index (χ2v) is 4.90. The van der Waals surface area contributed by atoms with Gasteiger partial charge in [-0.25, -0.2) is 0 Å².